The Hall–Kier alpha value is -6.60. The lowest BCUT2D eigenvalue weighted by Gasteiger charge is -2.45. The Morgan fingerprint density at radius 2 is 1.03 bits per heavy atom. The highest BCUT2D eigenvalue weighted by Crippen LogP contribution is 2.51. The highest BCUT2D eigenvalue weighted by Gasteiger charge is 2.43. The van der Waals surface area contributed by atoms with Crippen LogP contribution in [0.25, 0.3) is 22.1 Å². The third kappa shape index (κ3) is 10.00. The Kier molecular flexibility index (Phi) is 14.9. The van der Waals surface area contributed by atoms with Gasteiger partial charge in [-0.1, -0.05) is 47.0 Å². The van der Waals surface area contributed by atoms with Crippen LogP contribution in [-0.4, -0.2) is 106 Å². The van der Waals surface area contributed by atoms with Crippen LogP contribution in [0, 0.1) is 40.5 Å². The zero-order valence-electron chi connectivity index (χ0n) is 44.2. The number of carbonyl (C=O) groups excluding carboxylic acids is 4. The molecule has 4 amide bonds. The van der Waals surface area contributed by atoms with Gasteiger partial charge in [0.25, 0.3) is 0 Å². The minimum atomic E-state index is -0.852. The van der Waals surface area contributed by atoms with Crippen LogP contribution >= 0.6 is 0 Å². The van der Waals surface area contributed by atoms with E-state index in [1.54, 1.807) is 31.7 Å². The number of ether oxygens (including phenoxy) is 2. The quantitative estimate of drug-likeness (QED) is 0.0878. The molecule has 2 aromatic heterocycles. The zero-order valence-corrected chi connectivity index (χ0v) is 44.2. The molecule has 5 fully saturated rings. The standard InChI is InChI=1S/C56H70F4N10O6/c1-30(2)47(65-54(73)75-5)52(71)68-20-10-12-45(68)50-61-39-26-33(35(57)28-41(39)63-50)43-14-15-44(70(43)32-24-37(59)49(38(60)25-32)67-22-18-56(19-23-67)16-8-7-9-17-56)34-27-40-42(29-36(34)58)64-51(62-40)46-13-11-21-69(46)53(72)48(31(3)4)66-55(74)76-6/h24-31,43-48H,7-23H2,1-6H3,(H,61,63)(H,62,64)(H,65,73)(H,66,74)/t43-,44-,45+,46+,47+,48+/m1/s1. The van der Waals surface area contributed by atoms with Gasteiger partial charge < -0.3 is 49.7 Å². The maximum atomic E-state index is 17.0. The second-order valence-electron chi connectivity index (χ2n) is 22.4. The lowest BCUT2D eigenvalue weighted by Crippen LogP contribution is -2.51. The van der Waals surface area contributed by atoms with Gasteiger partial charge in [-0.05, 0) is 106 Å². The average Bonchev–Trinajstić information content (AvgIpc) is 4.33. The number of hydrogen-bond acceptors (Lipinski definition) is 10. The van der Waals surface area contributed by atoms with Crippen molar-refractivity contribution < 1.29 is 46.2 Å². The summed E-state index contributed by atoms with van der Waals surface area (Å²) in [6, 6.07) is 4.17. The number of amides is 4. The highest BCUT2D eigenvalue weighted by molar-refractivity contribution is 5.88. The van der Waals surface area contributed by atoms with Gasteiger partial charge in [-0.2, -0.15) is 0 Å². The lowest BCUT2D eigenvalue weighted by atomic mass is 9.68. The summed E-state index contributed by atoms with van der Waals surface area (Å²) in [5.41, 5.74) is 2.25. The molecule has 6 heterocycles. The molecule has 0 unspecified atom stereocenters. The fourth-order valence-corrected chi connectivity index (χ4v) is 13.1. The largest absolute Gasteiger partial charge is 0.453 e. The molecule has 10 rings (SSSR count). The number of hydrogen-bond donors (Lipinski definition) is 4. The SMILES string of the molecule is COC(=O)N[C@H](C(=O)N1CCC[C@H]1c1nc2cc(F)c([C@H]3CC[C@H](c4cc5[nH]c([C@@H]6CCCN6C(=O)[C@@H](NC(=O)OC)C(C)C)nc5cc4F)N3c3cc(F)c(N4CCC5(CCCCC5)CC4)c(F)c3)cc2[nH]1)C(C)C. The van der Waals surface area contributed by atoms with Crippen molar-refractivity contribution in [3.05, 3.63) is 82.4 Å². The Labute approximate surface area is 440 Å². The van der Waals surface area contributed by atoms with E-state index in [1.807, 2.05) is 27.7 Å². The number of aromatic amines is 2. The Morgan fingerprint density at radius 3 is 1.45 bits per heavy atom. The van der Waals surface area contributed by atoms with E-state index in [9.17, 15) is 19.2 Å². The third-order valence-corrected chi connectivity index (χ3v) is 17.2. The van der Waals surface area contributed by atoms with Crippen LogP contribution in [0.2, 0.25) is 0 Å². The van der Waals surface area contributed by atoms with Crippen molar-refractivity contribution in [2.75, 3.05) is 50.2 Å². The Bertz CT molecular complexity index is 2830. The molecule has 1 aliphatic carbocycles. The number of benzene rings is 3. The van der Waals surface area contributed by atoms with Gasteiger partial charge in [0.2, 0.25) is 11.8 Å². The number of H-pyrrole nitrogens is 2. The molecule has 20 heteroatoms. The molecule has 0 bridgehead atoms. The summed E-state index contributed by atoms with van der Waals surface area (Å²) in [5.74, 6) is -2.92. The first kappa shape index (κ1) is 52.8. The maximum absolute atomic E-state index is 17.0. The maximum Gasteiger partial charge on any atom is 0.407 e. The molecule has 0 radical (unpaired) electrons. The number of fused-ring (bicyclic) bond motifs is 2. The van der Waals surface area contributed by atoms with Gasteiger partial charge in [0.1, 0.15) is 41.1 Å². The molecule has 3 aromatic carbocycles. The molecule has 5 aliphatic rings. The fourth-order valence-electron chi connectivity index (χ4n) is 13.1. The molecule has 1 saturated carbocycles. The molecule has 16 nitrogen and oxygen atoms in total. The average molecular weight is 1060 g/mol. The number of methoxy groups -OCH3 is 2. The number of halogens is 4. The first-order valence-corrected chi connectivity index (χ1v) is 27.2. The number of piperidine rings is 1. The van der Waals surface area contributed by atoms with E-state index in [0.29, 0.717) is 85.6 Å². The van der Waals surface area contributed by atoms with E-state index in [1.165, 1.54) is 57.7 Å². The molecule has 4 aliphatic heterocycles. The van der Waals surface area contributed by atoms with Gasteiger partial charge in [-0.3, -0.25) is 9.59 Å². The van der Waals surface area contributed by atoms with Crippen molar-refractivity contribution in [1.82, 2.24) is 40.4 Å². The topological polar surface area (TPSA) is 181 Å². The minimum Gasteiger partial charge on any atom is -0.453 e. The second kappa shape index (κ2) is 21.4. The molecule has 6 atom stereocenters. The van der Waals surface area contributed by atoms with Crippen molar-refractivity contribution >= 4 is 57.4 Å². The number of aromatic nitrogens is 4. The van der Waals surface area contributed by atoms with Crippen molar-refractivity contribution in [1.29, 1.82) is 0 Å². The van der Waals surface area contributed by atoms with Crippen molar-refractivity contribution in [3.8, 4) is 0 Å². The summed E-state index contributed by atoms with van der Waals surface area (Å²) in [6.07, 6.45) is 9.17. The number of alkyl carbamates (subject to hydrolysis) is 2. The van der Waals surface area contributed by atoms with Crippen LogP contribution in [0.5, 0.6) is 0 Å². The number of likely N-dealkylation sites (tertiary alicyclic amines) is 2. The van der Waals surface area contributed by atoms with Crippen LogP contribution in [0.1, 0.15) is 158 Å². The minimum absolute atomic E-state index is 0.0997. The second-order valence-corrected chi connectivity index (χ2v) is 22.4. The van der Waals surface area contributed by atoms with E-state index < -0.39 is 71.7 Å². The molecular weight excluding hydrogens is 985 g/mol. The van der Waals surface area contributed by atoms with Crippen LogP contribution in [-0.2, 0) is 19.1 Å². The first-order valence-electron chi connectivity index (χ1n) is 27.2. The molecular formula is C56H70F4N10O6. The normalized spacial score (nSPS) is 22.6. The number of nitrogens with one attached hydrogen (secondary N) is 4. The molecule has 1 spiro atoms. The van der Waals surface area contributed by atoms with E-state index in [2.05, 4.69) is 20.6 Å². The summed E-state index contributed by atoms with van der Waals surface area (Å²) < 4.78 is 77.2. The van der Waals surface area contributed by atoms with E-state index >= 15 is 17.6 Å². The number of nitrogens with zero attached hydrogens (tertiary/aromatic N) is 6. The van der Waals surface area contributed by atoms with Gasteiger partial charge in [-0.15, -0.1) is 0 Å². The molecule has 76 heavy (non-hydrogen) atoms. The van der Waals surface area contributed by atoms with E-state index in [4.69, 9.17) is 19.4 Å². The van der Waals surface area contributed by atoms with Gasteiger partial charge in [0, 0.05) is 55.1 Å². The summed E-state index contributed by atoms with van der Waals surface area (Å²) in [5, 5.41) is 5.32. The summed E-state index contributed by atoms with van der Waals surface area (Å²) in [6.45, 7) is 9.22. The molecule has 5 aromatic rings. The molecule has 4 saturated heterocycles. The predicted molar refractivity (Wildman–Crippen MR) is 278 cm³/mol. The van der Waals surface area contributed by atoms with Crippen molar-refractivity contribution in [3.63, 3.8) is 0 Å². The first-order chi connectivity index (χ1) is 36.5. The van der Waals surface area contributed by atoms with E-state index in [-0.39, 0.29) is 64.4 Å². The van der Waals surface area contributed by atoms with Gasteiger partial charge >= 0.3 is 12.2 Å². The van der Waals surface area contributed by atoms with Gasteiger partial charge in [-0.25, -0.2) is 37.1 Å². The van der Waals surface area contributed by atoms with Crippen molar-refractivity contribution in [2.45, 2.75) is 147 Å². The van der Waals surface area contributed by atoms with Crippen LogP contribution in [0.15, 0.2) is 36.4 Å². The fraction of sp³-hybridized carbons (Fsp3) is 0.571. The Morgan fingerprint density at radius 1 is 0.579 bits per heavy atom. The highest BCUT2D eigenvalue weighted by atomic mass is 19.1. The van der Waals surface area contributed by atoms with Crippen LogP contribution in [0.4, 0.5) is 38.5 Å². The summed E-state index contributed by atoms with van der Waals surface area (Å²) in [4.78, 5) is 75.5. The van der Waals surface area contributed by atoms with Crippen LogP contribution < -0.4 is 20.4 Å². The number of rotatable bonds is 12. The summed E-state index contributed by atoms with van der Waals surface area (Å²) in [7, 11) is 2.47. The third-order valence-electron chi connectivity index (χ3n) is 17.2. The van der Waals surface area contributed by atoms with Crippen LogP contribution in [0.3, 0.4) is 0 Å². The van der Waals surface area contributed by atoms with E-state index in [0.717, 1.165) is 25.7 Å². The monoisotopic (exact) mass is 1050 g/mol. The number of anilines is 2. The Balaban J connectivity index is 0.995. The van der Waals surface area contributed by atoms with Crippen molar-refractivity contribution in [2.24, 2.45) is 17.3 Å². The van der Waals surface area contributed by atoms with Gasteiger partial charge in [0.15, 0.2) is 11.6 Å². The predicted octanol–water partition coefficient (Wildman–Crippen LogP) is 10.7. The lowest BCUT2D eigenvalue weighted by molar-refractivity contribution is -0.136. The smallest absolute Gasteiger partial charge is 0.407 e. The number of carbonyl (C=O) groups is 4. The number of imidazole rings is 2. The molecule has 4 N–H and O–H groups in total. The summed E-state index contributed by atoms with van der Waals surface area (Å²) >= 11 is 0. The zero-order chi connectivity index (χ0) is 53.7. The van der Waals surface area contributed by atoms with Gasteiger partial charge in [0.05, 0.1) is 60.5 Å². The molecule has 408 valence electrons.